The second kappa shape index (κ2) is 5.21. The normalized spacial score (nSPS) is 11.7. The van der Waals surface area contributed by atoms with Crippen LogP contribution in [-0.2, 0) is 0 Å². The maximum absolute atomic E-state index is 2.18. The van der Waals surface area contributed by atoms with Crippen LogP contribution in [0.25, 0.3) is 0 Å². The van der Waals surface area contributed by atoms with Crippen LogP contribution in [-0.4, -0.2) is 0 Å². The Labute approximate surface area is 52.1 Å². The van der Waals surface area contributed by atoms with Gasteiger partial charge in [0.25, 0.3) is 0 Å². The Balaban J connectivity index is 3.07. The van der Waals surface area contributed by atoms with Gasteiger partial charge in [0.15, 0.2) is 0 Å². The van der Waals surface area contributed by atoms with E-state index in [-0.39, 0.29) is 0 Å². The van der Waals surface area contributed by atoms with Crippen molar-refractivity contribution >= 4 is 22.6 Å². The summed E-state index contributed by atoms with van der Waals surface area (Å²) in [7, 11) is 0. The first-order chi connectivity index (χ1) is 2.91. The predicted octanol–water partition coefficient (Wildman–Crippen LogP) is 2.51. The molecule has 0 aliphatic heterocycles. The molecule has 0 rings (SSSR count). The van der Waals surface area contributed by atoms with Crippen LogP contribution < -0.4 is 0 Å². The van der Waals surface area contributed by atoms with Crippen LogP contribution in [0.15, 0.2) is 22.3 Å². The van der Waals surface area contributed by atoms with Crippen molar-refractivity contribution < 1.29 is 0 Å². The fourth-order valence-electron chi connectivity index (χ4n) is 0.153. The molecule has 34 valence electrons. The third kappa shape index (κ3) is 4.21. The van der Waals surface area contributed by atoms with Gasteiger partial charge in [-0.3, -0.25) is 0 Å². The summed E-state index contributed by atoms with van der Waals surface area (Å²) < 4.78 is 1.97. The molecule has 0 aromatic rings. The topological polar surface area (TPSA) is 0 Å². The van der Waals surface area contributed by atoms with Crippen LogP contribution >= 0.6 is 22.6 Å². The quantitative estimate of drug-likeness (QED) is 0.444. The van der Waals surface area contributed by atoms with E-state index in [4.69, 9.17) is 0 Å². The van der Waals surface area contributed by atoms with Gasteiger partial charge in [-0.05, 0) is 11.0 Å². The molecule has 0 aromatic carbocycles. The zero-order chi connectivity index (χ0) is 4.83. The lowest BCUT2D eigenvalue weighted by atomic mass is 10.5. The SMILES string of the molecule is C/C=C/C=C\I. The number of halogens is 1. The zero-order valence-corrected chi connectivity index (χ0v) is 5.84. The molecule has 6 heavy (non-hydrogen) atoms. The summed E-state index contributed by atoms with van der Waals surface area (Å²) in [6.07, 6.45) is 5.97. The molecule has 0 aliphatic carbocycles. The standard InChI is InChI=1S/C5H7I/c1-2-3-4-5-6/h2-5H,1H3/b3-2+,5-4-. The first-order valence-electron chi connectivity index (χ1n) is 1.80. The van der Waals surface area contributed by atoms with Gasteiger partial charge < -0.3 is 0 Å². The lowest BCUT2D eigenvalue weighted by Crippen LogP contribution is -1.37. The molecule has 0 N–H and O–H groups in total. The minimum atomic E-state index is 1.97. The summed E-state index contributed by atoms with van der Waals surface area (Å²) in [6, 6.07) is 0. The molecule has 0 aromatic heterocycles. The monoisotopic (exact) mass is 194 g/mol. The van der Waals surface area contributed by atoms with E-state index in [2.05, 4.69) is 22.6 Å². The minimum Gasteiger partial charge on any atom is -0.0876 e. The van der Waals surface area contributed by atoms with E-state index >= 15 is 0 Å². The molecule has 0 bridgehead atoms. The summed E-state index contributed by atoms with van der Waals surface area (Å²) in [5, 5.41) is 0. The van der Waals surface area contributed by atoms with Gasteiger partial charge in [-0.2, -0.15) is 0 Å². The van der Waals surface area contributed by atoms with Gasteiger partial charge in [-0.15, -0.1) is 0 Å². The largest absolute Gasteiger partial charge is 0.0876 e. The lowest BCUT2D eigenvalue weighted by Gasteiger charge is -1.61. The highest BCUT2D eigenvalue weighted by atomic mass is 127. The molecule has 1 heteroatoms. The van der Waals surface area contributed by atoms with Crippen molar-refractivity contribution in [1.29, 1.82) is 0 Å². The molecule has 0 fully saturated rings. The van der Waals surface area contributed by atoms with Crippen molar-refractivity contribution in [2.75, 3.05) is 0 Å². The van der Waals surface area contributed by atoms with Gasteiger partial charge in [0, 0.05) is 0 Å². The molecular formula is C5H7I. The summed E-state index contributed by atoms with van der Waals surface area (Å²) in [5.41, 5.74) is 0. The molecule has 0 spiro atoms. The highest BCUT2D eigenvalue weighted by Crippen LogP contribution is 1.82. The smallest absolute Gasteiger partial charge is 0.0234 e. The van der Waals surface area contributed by atoms with Crippen LogP contribution in [0.5, 0.6) is 0 Å². The minimum absolute atomic E-state index is 1.97. The molecule has 0 saturated heterocycles. The van der Waals surface area contributed by atoms with E-state index in [9.17, 15) is 0 Å². The van der Waals surface area contributed by atoms with Gasteiger partial charge >= 0.3 is 0 Å². The first-order valence-corrected chi connectivity index (χ1v) is 3.04. The van der Waals surface area contributed by atoms with Crippen LogP contribution in [0.2, 0.25) is 0 Å². The predicted molar refractivity (Wildman–Crippen MR) is 38.0 cm³/mol. The van der Waals surface area contributed by atoms with Crippen LogP contribution in [0.1, 0.15) is 6.92 Å². The van der Waals surface area contributed by atoms with E-state index in [0.29, 0.717) is 0 Å². The number of hydrogen-bond donors (Lipinski definition) is 0. The summed E-state index contributed by atoms with van der Waals surface area (Å²) in [6.45, 7) is 2.00. The van der Waals surface area contributed by atoms with Gasteiger partial charge in [0.05, 0.1) is 0 Å². The third-order valence-corrected chi connectivity index (χ3v) is 0.792. The van der Waals surface area contributed by atoms with Crippen LogP contribution in [0.4, 0.5) is 0 Å². The Morgan fingerprint density at radius 3 is 2.17 bits per heavy atom. The Morgan fingerprint density at radius 1 is 1.33 bits per heavy atom. The van der Waals surface area contributed by atoms with Gasteiger partial charge in [0.1, 0.15) is 0 Å². The average molecular weight is 194 g/mol. The molecule has 0 unspecified atom stereocenters. The molecule has 0 heterocycles. The molecule has 0 aliphatic rings. The van der Waals surface area contributed by atoms with Crippen molar-refractivity contribution in [2.24, 2.45) is 0 Å². The van der Waals surface area contributed by atoms with Crippen molar-refractivity contribution in [3.63, 3.8) is 0 Å². The van der Waals surface area contributed by atoms with Crippen LogP contribution in [0.3, 0.4) is 0 Å². The van der Waals surface area contributed by atoms with Crippen molar-refractivity contribution in [3.8, 4) is 0 Å². The fraction of sp³-hybridized carbons (Fsp3) is 0.200. The Bertz CT molecular complexity index is 52.3. The number of hydrogen-bond acceptors (Lipinski definition) is 0. The van der Waals surface area contributed by atoms with Gasteiger partial charge in [-0.25, -0.2) is 0 Å². The summed E-state index contributed by atoms with van der Waals surface area (Å²) in [4.78, 5) is 0. The second-order valence-electron chi connectivity index (χ2n) is 0.844. The molecule has 0 atom stereocenters. The highest BCUT2D eigenvalue weighted by Gasteiger charge is 1.50. The molecule has 0 radical (unpaired) electrons. The fourth-order valence-corrected chi connectivity index (χ4v) is 0.393. The lowest BCUT2D eigenvalue weighted by molar-refractivity contribution is 1.74. The van der Waals surface area contributed by atoms with E-state index in [1.54, 1.807) is 0 Å². The van der Waals surface area contributed by atoms with Crippen molar-refractivity contribution in [1.82, 2.24) is 0 Å². The van der Waals surface area contributed by atoms with E-state index in [1.807, 2.05) is 29.2 Å². The number of rotatable bonds is 1. The van der Waals surface area contributed by atoms with E-state index in [1.165, 1.54) is 0 Å². The zero-order valence-electron chi connectivity index (χ0n) is 3.69. The first kappa shape index (κ1) is 6.21. The highest BCUT2D eigenvalue weighted by molar-refractivity contribution is 14.1. The third-order valence-electron chi connectivity index (χ3n) is 0.376. The molecule has 0 amide bonds. The van der Waals surface area contributed by atoms with Crippen molar-refractivity contribution in [3.05, 3.63) is 22.3 Å². The van der Waals surface area contributed by atoms with Gasteiger partial charge in [0.2, 0.25) is 0 Å². The average Bonchev–Trinajstić information content (AvgIpc) is 1.61. The summed E-state index contributed by atoms with van der Waals surface area (Å²) >= 11 is 2.18. The Morgan fingerprint density at radius 2 is 2.00 bits per heavy atom. The summed E-state index contributed by atoms with van der Waals surface area (Å²) in [5.74, 6) is 0. The van der Waals surface area contributed by atoms with Crippen LogP contribution in [0, 0.1) is 0 Å². The Kier molecular flexibility index (Phi) is 5.39. The molecule has 0 nitrogen and oxygen atoms in total. The molecular weight excluding hydrogens is 187 g/mol. The maximum atomic E-state index is 2.18. The van der Waals surface area contributed by atoms with E-state index < -0.39 is 0 Å². The van der Waals surface area contributed by atoms with Crippen molar-refractivity contribution in [2.45, 2.75) is 6.92 Å². The number of allylic oxidation sites excluding steroid dienone is 3. The van der Waals surface area contributed by atoms with Gasteiger partial charge in [-0.1, -0.05) is 40.8 Å². The van der Waals surface area contributed by atoms with E-state index in [0.717, 1.165) is 0 Å². The Hall–Kier alpha value is 0.210. The molecule has 0 saturated carbocycles. The second-order valence-corrected chi connectivity index (χ2v) is 1.56. The maximum Gasteiger partial charge on any atom is -0.0234 e.